The molecule has 0 aliphatic carbocycles. The SMILES string of the molecule is CC(=O)c1ccc(N2CCN(C(=O)c3ccc(Oc4cccc(Br)c4)nc3)CC2)cc1. The summed E-state index contributed by atoms with van der Waals surface area (Å²) in [5, 5.41) is 0. The Balaban J connectivity index is 1.34. The van der Waals surface area contributed by atoms with Crippen molar-refractivity contribution in [1.29, 1.82) is 0 Å². The molecule has 0 unspecified atom stereocenters. The highest BCUT2D eigenvalue weighted by atomic mass is 79.9. The molecule has 2 aromatic carbocycles. The molecule has 0 saturated carbocycles. The van der Waals surface area contributed by atoms with Gasteiger partial charge in [0.1, 0.15) is 5.75 Å². The number of ketones is 1. The van der Waals surface area contributed by atoms with E-state index in [0.717, 1.165) is 23.2 Å². The fraction of sp³-hybridized carbons (Fsp3) is 0.208. The summed E-state index contributed by atoms with van der Waals surface area (Å²) in [6.07, 6.45) is 1.56. The zero-order valence-electron chi connectivity index (χ0n) is 17.1. The second-order valence-corrected chi connectivity index (χ2v) is 8.24. The van der Waals surface area contributed by atoms with Crippen molar-refractivity contribution in [1.82, 2.24) is 9.88 Å². The highest BCUT2D eigenvalue weighted by Gasteiger charge is 2.22. The zero-order chi connectivity index (χ0) is 21.8. The number of ether oxygens (including phenoxy) is 1. The number of pyridine rings is 1. The molecule has 0 radical (unpaired) electrons. The summed E-state index contributed by atoms with van der Waals surface area (Å²) in [7, 11) is 0. The summed E-state index contributed by atoms with van der Waals surface area (Å²) >= 11 is 3.41. The first-order chi connectivity index (χ1) is 15.0. The van der Waals surface area contributed by atoms with Crippen LogP contribution >= 0.6 is 15.9 Å². The maximum atomic E-state index is 12.9. The summed E-state index contributed by atoms with van der Waals surface area (Å²) in [5.74, 6) is 1.14. The first kappa shape index (κ1) is 21.1. The Kier molecular flexibility index (Phi) is 6.32. The van der Waals surface area contributed by atoms with Gasteiger partial charge < -0.3 is 14.5 Å². The van der Waals surface area contributed by atoms with Crippen LogP contribution in [0.2, 0.25) is 0 Å². The van der Waals surface area contributed by atoms with Crippen LogP contribution in [0.5, 0.6) is 11.6 Å². The number of carbonyl (C=O) groups excluding carboxylic acids is 2. The number of carbonyl (C=O) groups is 2. The number of hydrogen-bond acceptors (Lipinski definition) is 5. The molecule has 1 saturated heterocycles. The molecule has 0 N–H and O–H groups in total. The number of Topliss-reactive ketones (excluding diaryl/α,β-unsaturated/α-hetero) is 1. The van der Waals surface area contributed by atoms with E-state index in [1.54, 1.807) is 25.3 Å². The molecule has 1 amide bonds. The van der Waals surface area contributed by atoms with Crippen LogP contribution in [0, 0.1) is 0 Å². The minimum absolute atomic E-state index is 0.0342. The van der Waals surface area contributed by atoms with Gasteiger partial charge in [0.2, 0.25) is 5.88 Å². The lowest BCUT2D eigenvalue weighted by Gasteiger charge is -2.36. The summed E-state index contributed by atoms with van der Waals surface area (Å²) in [5.41, 5.74) is 2.31. The van der Waals surface area contributed by atoms with E-state index in [1.165, 1.54) is 0 Å². The Morgan fingerprint density at radius 1 is 0.935 bits per heavy atom. The molecule has 4 rings (SSSR count). The average Bonchev–Trinajstić information content (AvgIpc) is 2.79. The number of aromatic nitrogens is 1. The van der Waals surface area contributed by atoms with Crippen molar-refractivity contribution in [2.24, 2.45) is 0 Å². The third-order valence-electron chi connectivity index (χ3n) is 5.21. The third-order valence-corrected chi connectivity index (χ3v) is 5.70. The van der Waals surface area contributed by atoms with E-state index in [0.29, 0.717) is 35.8 Å². The largest absolute Gasteiger partial charge is 0.439 e. The number of nitrogens with zero attached hydrogens (tertiary/aromatic N) is 3. The minimum atomic E-state index is -0.0342. The van der Waals surface area contributed by atoms with Crippen LogP contribution in [0.15, 0.2) is 71.3 Å². The van der Waals surface area contributed by atoms with Crippen molar-refractivity contribution in [3.63, 3.8) is 0 Å². The predicted octanol–water partition coefficient (Wildman–Crippen LogP) is 4.80. The van der Waals surface area contributed by atoms with Crippen molar-refractivity contribution in [3.8, 4) is 11.6 Å². The number of benzene rings is 2. The number of anilines is 1. The van der Waals surface area contributed by atoms with Crippen LogP contribution < -0.4 is 9.64 Å². The number of amides is 1. The van der Waals surface area contributed by atoms with Crippen LogP contribution in [0.3, 0.4) is 0 Å². The molecule has 31 heavy (non-hydrogen) atoms. The van der Waals surface area contributed by atoms with E-state index in [2.05, 4.69) is 25.8 Å². The monoisotopic (exact) mass is 479 g/mol. The van der Waals surface area contributed by atoms with Gasteiger partial charge >= 0.3 is 0 Å². The van der Waals surface area contributed by atoms with Gasteiger partial charge in [-0.05, 0) is 55.5 Å². The van der Waals surface area contributed by atoms with Crippen LogP contribution in [-0.4, -0.2) is 47.8 Å². The van der Waals surface area contributed by atoms with E-state index in [4.69, 9.17) is 4.74 Å². The molecule has 6 nitrogen and oxygen atoms in total. The topological polar surface area (TPSA) is 62.7 Å². The van der Waals surface area contributed by atoms with Gasteiger partial charge in [-0.1, -0.05) is 22.0 Å². The van der Waals surface area contributed by atoms with E-state index < -0.39 is 0 Å². The number of rotatable bonds is 5. The smallest absolute Gasteiger partial charge is 0.255 e. The molecule has 1 aliphatic rings. The molecular weight excluding hydrogens is 458 g/mol. The molecule has 158 valence electrons. The van der Waals surface area contributed by atoms with Gasteiger partial charge in [-0.15, -0.1) is 0 Å². The first-order valence-electron chi connectivity index (χ1n) is 10.0. The van der Waals surface area contributed by atoms with E-state index in [-0.39, 0.29) is 11.7 Å². The Hall–Kier alpha value is -3.19. The second kappa shape index (κ2) is 9.31. The predicted molar refractivity (Wildman–Crippen MR) is 123 cm³/mol. The summed E-state index contributed by atoms with van der Waals surface area (Å²) in [6, 6.07) is 18.6. The van der Waals surface area contributed by atoms with Crippen LogP contribution in [0.25, 0.3) is 0 Å². The van der Waals surface area contributed by atoms with Crippen molar-refractivity contribution < 1.29 is 14.3 Å². The molecule has 1 aromatic heterocycles. The molecule has 7 heteroatoms. The lowest BCUT2D eigenvalue weighted by molar-refractivity contribution is 0.0746. The van der Waals surface area contributed by atoms with Gasteiger partial charge in [0, 0.05) is 54.2 Å². The van der Waals surface area contributed by atoms with Gasteiger partial charge in [0.15, 0.2) is 5.78 Å². The van der Waals surface area contributed by atoms with Crippen molar-refractivity contribution in [3.05, 3.63) is 82.5 Å². The van der Waals surface area contributed by atoms with Crippen molar-refractivity contribution in [2.45, 2.75) is 6.92 Å². The van der Waals surface area contributed by atoms with E-state index in [1.807, 2.05) is 53.4 Å². The van der Waals surface area contributed by atoms with Crippen LogP contribution in [-0.2, 0) is 0 Å². The van der Waals surface area contributed by atoms with Crippen LogP contribution in [0.4, 0.5) is 5.69 Å². The molecule has 0 bridgehead atoms. The molecule has 1 fully saturated rings. The van der Waals surface area contributed by atoms with E-state index in [9.17, 15) is 9.59 Å². The fourth-order valence-corrected chi connectivity index (χ4v) is 3.85. The Bertz CT molecular complexity index is 1080. The Morgan fingerprint density at radius 3 is 2.26 bits per heavy atom. The maximum Gasteiger partial charge on any atom is 0.255 e. The van der Waals surface area contributed by atoms with Crippen molar-refractivity contribution >= 4 is 33.3 Å². The highest BCUT2D eigenvalue weighted by Crippen LogP contribution is 2.23. The number of piperazine rings is 1. The zero-order valence-corrected chi connectivity index (χ0v) is 18.7. The maximum absolute atomic E-state index is 12.9. The summed E-state index contributed by atoms with van der Waals surface area (Å²) in [4.78, 5) is 32.6. The number of hydrogen-bond donors (Lipinski definition) is 0. The average molecular weight is 480 g/mol. The lowest BCUT2D eigenvalue weighted by Crippen LogP contribution is -2.48. The van der Waals surface area contributed by atoms with E-state index >= 15 is 0 Å². The van der Waals surface area contributed by atoms with Gasteiger partial charge in [0.05, 0.1) is 5.56 Å². The first-order valence-corrected chi connectivity index (χ1v) is 10.8. The Labute approximate surface area is 189 Å². The highest BCUT2D eigenvalue weighted by molar-refractivity contribution is 9.10. The number of halogens is 1. The molecule has 3 aromatic rings. The van der Waals surface area contributed by atoms with Gasteiger partial charge in [-0.3, -0.25) is 9.59 Å². The standard InChI is InChI=1S/C24H22BrN3O3/c1-17(29)18-5-8-21(9-6-18)27-11-13-28(14-12-27)24(30)19-7-10-23(26-16-19)31-22-4-2-3-20(25)15-22/h2-10,15-16H,11-14H2,1H3. The molecule has 2 heterocycles. The molecule has 0 atom stereocenters. The fourth-order valence-electron chi connectivity index (χ4n) is 3.48. The molecule has 1 aliphatic heterocycles. The normalized spacial score (nSPS) is 13.7. The third kappa shape index (κ3) is 5.11. The minimum Gasteiger partial charge on any atom is -0.439 e. The second-order valence-electron chi connectivity index (χ2n) is 7.33. The molecule has 0 spiro atoms. The van der Waals surface area contributed by atoms with Crippen LogP contribution in [0.1, 0.15) is 27.6 Å². The molecular formula is C24H22BrN3O3. The van der Waals surface area contributed by atoms with Gasteiger partial charge in [-0.2, -0.15) is 0 Å². The summed E-state index contributed by atoms with van der Waals surface area (Å²) < 4.78 is 6.65. The van der Waals surface area contributed by atoms with Crippen molar-refractivity contribution in [2.75, 3.05) is 31.1 Å². The van der Waals surface area contributed by atoms with Gasteiger partial charge in [-0.25, -0.2) is 4.98 Å². The Morgan fingerprint density at radius 2 is 1.65 bits per heavy atom. The lowest BCUT2D eigenvalue weighted by atomic mass is 10.1. The van der Waals surface area contributed by atoms with Gasteiger partial charge in [0.25, 0.3) is 5.91 Å². The quantitative estimate of drug-likeness (QED) is 0.491. The summed E-state index contributed by atoms with van der Waals surface area (Å²) in [6.45, 7) is 4.30.